The molecule has 0 bridgehead atoms. The lowest BCUT2D eigenvalue weighted by molar-refractivity contribution is 0.132. The molecule has 1 aromatic rings. The molecule has 1 radical (unpaired) electrons. The van der Waals surface area contributed by atoms with Crippen LogP contribution >= 0.6 is 0 Å². The van der Waals surface area contributed by atoms with Gasteiger partial charge >= 0.3 is 0 Å². The molecule has 1 aromatic carbocycles. The van der Waals surface area contributed by atoms with Gasteiger partial charge in [-0.05, 0) is 18.2 Å². The fourth-order valence-corrected chi connectivity index (χ4v) is 1.10. The van der Waals surface area contributed by atoms with Crippen molar-refractivity contribution in [3.63, 3.8) is 0 Å². The molecule has 0 amide bonds. The predicted octanol–water partition coefficient (Wildman–Crippen LogP) is 1.54. The summed E-state index contributed by atoms with van der Waals surface area (Å²) in [5.74, 6) is 1.38. The van der Waals surface area contributed by atoms with Crippen molar-refractivity contribution in [1.82, 2.24) is 0 Å². The van der Waals surface area contributed by atoms with Gasteiger partial charge in [-0.25, -0.2) is 0 Å². The lowest BCUT2D eigenvalue weighted by Gasteiger charge is -2.11. The van der Waals surface area contributed by atoms with Crippen molar-refractivity contribution >= 4 is 0 Å². The third kappa shape index (κ3) is 4.51. The van der Waals surface area contributed by atoms with Crippen molar-refractivity contribution in [3.05, 3.63) is 24.3 Å². The minimum absolute atomic E-state index is 0.495. The Hall–Kier alpha value is -1.26. The Morgan fingerprint density at radius 3 is 2.19 bits per heavy atom. The maximum absolute atomic E-state index is 5.50. The zero-order valence-corrected chi connectivity index (χ0v) is 9.69. The van der Waals surface area contributed by atoms with Crippen LogP contribution in [0.25, 0.3) is 0 Å². The second-order valence-corrected chi connectivity index (χ2v) is 3.06. The fourth-order valence-electron chi connectivity index (χ4n) is 1.10. The summed E-state index contributed by atoms with van der Waals surface area (Å²) in [6.07, 6.45) is 0. The normalized spacial score (nSPS) is 10.1. The number of rotatable bonds is 8. The maximum Gasteiger partial charge on any atom is 0.161 e. The summed E-state index contributed by atoms with van der Waals surface area (Å²) in [4.78, 5) is 0. The van der Waals surface area contributed by atoms with E-state index in [1.807, 2.05) is 6.07 Å². The lowest BCUT2D eigenvalue weighted by atomic mass is 10.3. The van der Waals surface area contributed by atoms with Gasteiger partial charge < -0.3 is 18.9 Å². The van der Waals surface area contributed by atoms with Crippen LogP contribution in [0.15, 0.2) is 18.2 Å². The minimum Gasteiger partial charge on any atom is -0.487 e. The lowest BCUT2D eigenvalue weighted by Crippen LogP contribution is -2.08. The summed E-state index contributed by atoms with van der Waals surface area (Å²) < 4.78 is 20.8. The number of hydrogen-bond acceptors (Lipinski definition) is 4. The number of methoxy groups -OCH3 is 2. The van der Waals surface area contributed by atoms with Gasteiger partial charge in [-0.15, -0.1) is 0 Å². The molecule has 0 atom stereocenters. The molecule has 1 rings (SSSR count). The van der Waals surface area contributed by atoms with Gasteiger partial charge in [0.1, 0.15) is 13.2 Å². The third-order valence-electron chi connectivity index (χ3n) is 1.88. The fraction of sp³-hybridized carbons (Fsp3) is 0.500. The van der Waals surface area contributed by atoms with Gasteiger partial charge in [-0.3, -0.25) is 0 Å². The summed E-state index contributed by atoms with van der Waals surface area (Å²) in [5.41, 5.74) is 0. The highest BCUT2D eigenvalue weighted by Crippen LogP contribution is 2.25. The molecule has 0 spiro atoms. The predicted molar refractivity (Wildman–Crippen MR) is 60.0 cm³/mol. The minimum atomic E-state index is 0.495. The summed E-state index contributed by atoms with van der Waals surface area (Å²) >= 11 is 0. The maximum atomic E-state index is 5.50. The molecule has 16 heavy (non-hydrogen) atoms. The number of ether oxygens (including phenoxy) is 4. The molecule has 4 nitrogen and oxygen atoms in total. The molecule has 0 aromatic heterocycles. The van der Waals surface area contributed by atoms with Crippen LogP contribution in [-0.2, 0) is 9.47 Å². The average Bonchev–Trinajstić information content (AvgIpc) is 2.32. The van der Waals surface area contributed by atoms with E-state index >= 15 is 0 Å². The molecule has 0 N–H and O–H groups in total. The molecule has 0 saturated heterocycles. The van der Waals surface area contributed by atoms with Crippen LogP contribution in [-0.4, -0.2) is 40.6 Å². The number of hydrogen-bond donors (Lipinski definition) is 0. The van der Waals surface area contributed by atoms with Gasteiger partial charge in [-0.1, -0.05) is 6.07 Å². The van der Waals surface area contributed by atoms with Crippen LogP contribution in [0.5, 0.6) is 11.5 Å². The van der Waals surface area contributed by atoms with Gasteiger partial charge in [0.25, 0.3) is 0 Å². The first-order chi connectivity index (χ1) is 7.88. The molecule has 0 aliphatic heterocycles. The smallest absolute Gasteiger partial charge is 0.161 e. The molecular weight excluding hydrogens is 208 g/mol. The van der Waals surface area contributed by atoms with Crippen LogP contribution in [0.1, 0.15) is 0 Å². The zero-order valence-electron chi connectivity index (χ0n) is 9.69. The van der Waals surface area contributed by atoms with E-state index in [0.717, 1.165) is 0 Å². The van der Waals surface area contributed by atoms with Gasteiger partial charge in [0.05, 0.1) is 13.2 Å². The summed E-state index contributed by atoms with van der Waals surface area (Å²) in [5, 5.41) is 0. The highest BCUT2D eigenvalue weighted by atomic mass is 16.5. The van der Waals surface area contributed by atoms with Gasteiger partial charge in [-0.2, -0.15) is 0 Å². The van der Waals surface area contributed by atoms with E-state index in [-0.39, 0.29) is 0 Å². The van der Waals surface area contributed by atoms with Crippen molar-refractivity contribution in [2.75, 3.05) is 40.6 Å². The standard InChI is InChI=1S/C12H17O4/c1-13-7-9-15-11-5-3-4-6-12(11)16-10-8-14-2/h3,5-6H,7-10H2,1-2H3. The topological polar surface area (TPSA) is 36.9 Å². The van der Waals surface area contributed by atoms with E-state index < -0.39 is 0 Å². The van der Waals surface area contributed by atoms with E-state index in [1.54, 1.807) is 26.4 Å². The van der Waals surface area contributed by atoms with E-state index in [0.29, 0.717) is 37.9 Å². The molecule has 0 saturated carbocycles. The second kappa shape index (κ2) is 7.96. The van der Waals surface area contributed by atoms with Crippen molar-refractivity contribution in [3.8, 4) is 11.5 Å². The van der Waals surface area contributed by atoms with Crippen LogP contribution in [0.2, 0.25) is 0 Å². The Morgan fingerprint density at radius 2 is 1.56 bits per heavy atom. The van der Waals surface area contributed by atoms with Gasteiger partial charge in [0.2, 0.25) is 0 Å². The molecule has 0 fully saturated rings. The molecule has 89 valence electrons. The Balaban J connectivity index is 2.46. The van der Waals surface area contributed by atoms with Crippen molar-refractivity contribution < 1.29 is 18.9 Å². The quantitative estimate of drug-likeness (QED) is 0.629. The SMILES string of the molecule is COCCOc1c[c]ccc1OCCOC. The van der Waals surface area contributed by atoms with Crippen LogP contribution in [0.4, 0.5) is 0 Å². The Morgan fingerprint density at radius 1 is 0.938 bits per heavy atom. The first-order valence-corrected chi connectivity index (χ1v) is 5.12. The largest absolute Gasteiger partial charge is 0.487 e. The van der Waals surface area contributed by atoms with Gasteiger partial charge in [0, 0.05) is 14.2 Å². The van der Waals surface area contributed by atoms with Crippen molar-refractivity contribution in [2.24, 2.45) is 0 Å². The first kappa shape index (κ1) is 12.8. The molecule has 0 unspecified atom stereocenters. The molecule has 0 aliphatic rings. The molecule has 0 heterocycles. The highest BCUT2D eigenvalue weighted by Gasteiger charge is 2.03. The number of benzene rings is 1. The molecular formula is C12H17O4. The molecule has 4 heteroatoms. The van der Waals surface area contributed by atoms with E-state index in [2.05, 4.69) is 6.07 Å². The molecule has 0 aliphatic carbocycles. The third-order valence-corrected chi connectivity index (χ3v) is 1.88. The van der Waals surface area contributed by atoms with E-state index in [4.69, 9.17) is 18.9 Å². The second-order valence-electron chi connectivity index (χ2n) is 3.06. The zero-order chi connectivity index (χ0) is 11.6. The monoisotopic (exact) mass is 225 g/mol. The Labute approximate surface area is 96.1 Å². The van der Waals surface area contributed by atoms with Crippen molar-refractivity contribution in [1.29, 1.82) is 0 Å². The van der Waals surface area contributed by atoms with E-state index in [1.165, 1.54) is 0 Å². The van der Waals surface area contributed by atoms with Crippen LogP contribution in [0.3, 0.4) is 0 Å². The Bertz CT molecular complexity index is 259. The van der Waals surface area contributed by atoms with Crippen LogP contribution < -0.4 is 9.47 Å². The Kier molecular flexibility index (Phi) is 6.37. The summed E-state index contributed by atoms with van der Waals surface area (Å²) in [6.45, 7) is 2.10. The van der Waals surface area contributed by atoms with Crippen molar-refractivity contribution in [2.45, 2.75) is 0 Å². The first-order valence-electron chi connectivity index (χ1n) is 5.12. The summed E-state index contributed by atoms with van der Waals surface area (Å²) in [7, 11) is 3.27. The highest BCUT2D eigenvalue weighted by molar-refractivity contribution is 5.38. The van der Waals surface area contributed by atoms with Crippen LogP contribution in [0, 0.1) is 6.07 Å². The van der Waals surface area contributed by atoms with Gasteiger partial charge in [0.15, 0.2) is 11.5 Å². The average molecular weight is 225 g/mol. The van der Waals surface area contributed by atoms with E-state index in [9.17, 15) is 0 Å². The summed E-state index contributed by atoms with van der Waals surface area (Å²) in [6, 6.07) is 8.29.